The fraction of sp³-hybridized carbons (Fsp3) is 0.176. The molecule has 0 bridgehead atoms. The molecule has 0 aliphatic heterocycles. The summed E-state index contributed by atoms with van der Waals surface area (Å²) in [7, 11) is -3.69. The summed E-state index contributed by atoms with van der Waals surface area (Å²) in [5.74, 6) is 0.0201. The van der Waals surface area contributed by atoms with Gasteiger partial charge in [-0.25, -0.2) is 18.5 Å². The highest BCUT2D eigenvalue weighted by molar-refractivity contribution is 7.99. The molecule has 0 saturated carbocycles. The molecular formula is C17H16ClN3O4S2. The third kappa shape index (κ3) is 5.46. The minimum absolute atomic E-state index is 0.0614. The SMILES string of the molecule is NS(=O)(=O)c1ccc(CCNC(=O)CSc2nc3ccc(Cl)cc3o2)cc1. The highest BCUT2D eigenvalue weighted by atomic mass is 35.5. The normalized spacial score (nSPS) is 11.6. The molecule has 2 aromatic carbocycles. The van der Waals surface area contributed by atoms with Gasteiger partial charge in [0, 0.05) is 17.6 Å². The van der Waals surface area contributed by atoms with Gasteiger partial charge in [0.2, 0.25) is 15.9 Å². The Hall–Kier alpha value is -2.07. The zero-order valence-electron chi connectivity index (χ0n) is 14.0. The number of aromatic nitrogens is 1. The Morgan fingerprint density at radius 1 is 1.22 bits per heavy atom. The summed E-state index contributed by atoms with van der Waals surface area (Å²) in [6.45, 7) is 0.428. The topological polar surface area (TPSA) is 115 Å². The lowest BCUT2D eigenvalue weighted by Gasteiger charge is -2.05. The second kappa shape index (κ2) is 8.30. The highest BCUT2D eigenvalue weighted by Crippen LogP contribution is 2.25. The van der Waals surface area contributed by atoms with Gasteiger partial charge in [0.15, 0.2) is 5.58 Å². The van der Waals surface area contributed by atoms with E-state index in [2.05, 4.69) is 10.3 Å². The van der Waals surface area contributed by atoms with E-state index in [9.17, 15) is 13.2 Å². The van der Waals surface area contributed by atoms with Crippen LogP contribution in [-0.4, -0.2) is 31.6 Å². The number of hydrogen-bond acceptors (Lipinski definition) is 6. The van der Waals surface area contributed by atoms with Crippen LogP contribution in [0.4, 0.5) is 0 Å². The summed E-state index contributed by atoms with van der Waals surface area (Å²) < 4.78 is 28.0. The van der Waals surface area contributed by atoms with Crippen molar-refractivity contribution in [2.75, 3.05) is 12.3 Å². The molecule has 1 amide bonds. The molecular weight excluding hydrogens is 410 g/mol. The van der Waals surface area contributed by atoms with Crippen molar-refractivity contribution in [1.29, 1.82) is 0 Å². The van der Waals surface area contributed by atoms with Crippen LogP contribution in [0.3, 0.4) is 0 Å². The van der Waals surface area contributed by atoms with E-state index in [0.29, 0.717) is 34.3 Å². The zero-order chi connectivity index (χ0) is 19.4. The van der Waals surface area contributed by atoms with Crippen molar-refractivity contribution >= 4 is 50.4 Å². The number of thioether (sulfide) groups is 1. The summed E-state index contributed by atoms with van der Waals surface area (Å²) in [4.78, 5) is 16.3. The van der Waals surface area contributed by atoms with Crippen molar-refractivity contribution in [2.45, 2.75) is 16.5 Å². The Kier molecular flexibility index (Phi) is 6.05. The molecule has 1 aromatic heterocycles. The van der Waals surface area contributed by atoms with E-state index in [1.54, 1.807) is 30.3 Å². The lowest BCUT2D eigenvalue weighted by Crippen LogP contribution is -2.27. The van der Waals surface area contributed by atoms with Crippen molar-refractivity contribution in [3.8, 4) is 0 Å². The number of sulfonamides is 1. The van der Waals surface area contributed by atoms with Crippen molar-refractivity contribution in [3.05, 3.63) is 53.1 Å². The molecule has 7 nitrogen and oxygen atoms in total. The number of carbonyl (C=O) groups excluding carboxylic acids is 1. The van der Waals surface area contributed by atoms with Crippen molar-refractivity contribution in [2.24, 2.45) is 5.14 Å². The van der Waals surface area contributed by atoms with Gasteiger partial charge in [-0.2, -0.15) is 0 Å². The molecule has 3 N–H and O–H groups in total. The summed E-state index contributed by atoms with van der Waals surface area (Å²) in [6.07, 6.45) is 0.572. The number of primary sulfonamides is 1. The number of rotatable bonds is 7. The number of halogens is 1. The summed E-state index contributed by atoms with van der Waals surface area (Å²) in [5.41, 5.74) is 2.16. The number of oxazole rings is 1. The second-order valence-electron chi connectivity index (χ2n) is 5.67. The van der Waals surface area contributed by atoms with Gasteiger partial charge in [0.1, 0.15) is 5.52 Å². The van der Waals surface area contributed by atoms with Crippen LogP contribution in [0.2, 0.25) is 5.02 Å². The Morgan fingerprint density at radius 2 is 1.96 bits per heavy atom. The van der Waals surface area contributed by atoms with Crippen LogP contribution in [0, 0.1) is 0 Å². The molecule has 0 spiro atoms. The van der Waals surface area contributed by atoms with Crippen molar-refractivity contribution < 1.29 is 17.6 Å². The first-order chi connectivity index (χ1) is 12.8. The third-order valence-corrected chi connectivity index (χ3v) is 5.64. The van der Waals surface area contributed by atoms with Gasteiger partial charge in [-0.1, -0.05) is 35.5 Å². The number of amides is 1. The molecule has 0 fully saturated rings. The van der Waals surface area contributed by atoms with Crippen LogP contribution < -0.4 is 10.5 Å². The molecule has 0 aliphatic rings. The minimum atomic E-state index is -3.69. The number of nitrogens with one attached hydrogen (secondary N) is 1. The molecule has 10 heteroatoms. The van der Waals surface area contributed by atoms with E-state index in [0.717, 1.165) is 5.56 Å². The smallest absolute Gasteiger partial charge is 0.257 e. The average Bonchev–Trinajstić information content (AvgIpc) is 3.01. The van der Waals surface area contributed by atoms with E-state index < -0.39 is 10.0 Å². The second-order valence-corrected chi connectivity index (χ2v) is 8.59. The van der Waals surface area contributed by atoms with E-state index in [4.69, 9.17) is 21.2 Å². The predicted octanol–water partition coefficient (Wildman–Crippen LogP) is 2.58. The first-order valence-electron chi connectivity index (χ1n) is 7.88. The van der Waals surface area contributed by atoms with Gasteiger partial charge in [-0.15, -0.1) is 0 Å². The Balaban J connectivity index is 1.45. The van der Waals surface area contributed by atoms with Gasteiger partial charge in [-0.3, -0.25) is 4.79 Å². The van der Waals surface area contributed by atoms with E-state index in [1.165, 1.54) is 23.9 Å². The molecule has 0 saturated heterocycles. The number of hydrogen-bond donors (Lipinski definition) is 2. The lowest BCUT2D eigenvalue weighted by atomic mass is 10.1. The fourth-order valence-corrected chi connectivity index (χ4v) is 3.66. The third-order valence-electron chi connectivity index (χ3n) is 3.65. The molecule has 3 rings (SSSR count). The number of nitrogens with zero attached hydrogens (tertiary/aromatic N) is 1. The van der Waals surface area contributed by atoms with Crippen molar-refractivity contribution in [1.82, 2.24) is 10.3 Å². The monoisotopic (exact) mass is 425 g/mol. The van der Waals surface area contributed by atoms with Crippen LogP contribution in [0.5, 0.6) is 0 Å². The van der Waals surface area contributed by atoms with Crippen LogP contribution in [0.1, 0.15) is 5.56 Å². The predicted molar refractivity (Wildman–Crippen MR) is 104 cm³/mol. The molecule has 1 heterocycles. The summed E-state index contributed by atoms with van der Waals surface area (Å²) >= 11 is 7.10. The summed E-state index contributed by atoms with van der Waals surface area (Å²) in [6, 6.07) is 11.4. The minimum Gasteiger partial charge on any atom is -0.431 e. The number of nitrogens with two attached hydrogens (primary N) is 1. The maximum atomic E-state index is 11.9. The van der Waals surface area contributed by atoms with Crippen molar-refractivity contribution in [3.63, 3.8) is 0 Å². The van der Waals surface area contributed by atoms with Gasteiger partial charge in [0.25, 0.3) is 5.22 Å². The van der Waals surface area contributed by atoms with Gasteiger partial charge >= 0.3 is 0 Å². The maximum Gasteiger partial charge on any atom is 0.257 e. The quantitative estimate of drug-likeness (QED) is 0.562. The van der Waals surface area contributed by atoms with E-state index in [1.807, 2.05) is 0 Å². The standard InChI is InChI=1S/C17H16ClN3O4S2/c18-12-3-6-14-15(9-12)25-17(21-14)26-10-16(22)20-8-7-11-1-4-13(5-2-11)27(19,23)24/h1-6,9H,7-8,10H2,(H,20,22)(H2,19,23,24). The Bertz CT molecular complexity index is 1070. The fourth-order valence-electron chi connectivity index (χ4n) is 2.31. The van der Waals surface area contributed by atoms with E-state index in [-0.39, 0.29) is 16.6 Å². The van der Waals surface area contributed by atoms with Crippen LogP contribution >= 0.6 is 23.4 Å². The zero-order valence-corrected chi connectivity index (χ0v) is 16.4. The average molecular weight is 426 g/mol. The largest absolute Gasteiger partial charge is 0.431 e. The number of benzene rings is 2. The first kappa shape index (κ1) is 19.7. The Morgan fingerprint density at radius 3 is 2.67 bits per heavy atom. The highest BCUT2D eigenvalue weighted by Gasteiger charge is 2.10. The van der Waals surface area contributed by atoms with Crippen LogP contribution in [0.25, 0.3) is 11.1 Å². The summed E-state index contributed by atoms with van der Waals surface area (Å²) in [5, 5.41) is 8.81. The van der Waals surface area contributed by atoms with Crippen LogP contribution in [0.15, 0.2) is 57.0 Å². The molecule has 0 unspecified atom stereocenters. The lowest BCUT2D eigenvalue weighted by molar-refractivity contribution is -0.118. The molecule has 0 aliphatic carbocycles. The van der Waals surface area contributed by atoms with Gasteiger partial charge in [-0.05, 0) is 36.2 Å². The van der Waals surface area contributed by atoms with Gasteiger partial charge in [0.05, 0.1) is 10.6 Å². The van der Waals surface area contributed by atoms with Crippen LogP contribution in [-0.2, 0) is 21.2 Å². The molecule has 27 heavy (non-hydrogen) atoms. The molecule has 142 valence electrons. The molecule has 3 aromatic rings. The maximum absolute atomic E-state index is 11.9. The Labute approximate surface area is 165 Å². The van der Waals surface area contributed by atoms with E-state index >= 15 is 0 Å². The van der Waals surface area contributed by atoms with Gasteiger partial charge < -0.3 is 9.73 Å². The first-order valence-corrected chi connectivity index (χ1v) is 10.8. The number of carbonyl (C=O) groups is 1. The number of fused-ring (bicyclic) bond motifs is 1. The molecule has 0 atom stereocenters. The molecule has 0 radical (unpaired) electrons.